The Balaban J connectivity index is 1.77. The van der Waals surface area contributed by atoms with Crippen molar-refractivity contribution in [2.45, 2.75) is 33.3 Å². The number of thioether (sulfide) groups is 1. The fourth-order valence-corrected chi connectivity index (χ4v) is 9.63. The molecule has 1 aliphatic heterocycles. The molecule has 1 heterocycles. The lowest BCUT2D eigenvalue weighted by molar-refractivity contribution is 0.477. The highest BCUT2D eigenvalue weighted by Crippen LogP contribution is 2.48. The minimum Gasteiger partial charge on any atom is -0.206 e. The van der Waals surface area contributed by atoms with E-state index >= 15 is 0 Å². The Hall–Kier alpha value is -2.13. The number of nitrogens with zero attached hydrogens (tertiary/aromatic N) is 1. The van der Waals surface area contributed by atoms with Gasteiger partial charge in [0, 0.05) is 5.25 Å². The Kier molecular flexibility index (Phi) is 6.02. The van der Waals surface area contributed by atoms with Crippen LogP contribution in [-0.4, -0.2) is 25.9 Å². The molecule has 1 aliphatic rings. The van der Waals surface area contributed by atoms with Gasteiger partial charge in [0.2, 0.25) is 0 Å². The van der Waals surface area contributed by atoms with Crippen molar-refractivity contribution in [1.29, 1.82) is 0 Å². The zero-order valence-corrected chi connectivity index (χ0v) is 18.5. The van der Waals surface area contributed by atoms with Crippen molar-refractivity contribution >= 4 is 31.8 Å². The van der Waals surface area contributed by atoms with Gasteiger partial charge in [0.15, 0.2) is 0 Å². The molecule has 0 spiro atoms. The van der Waals surface area contributed by atoms with E-state index in [2.05, 4.69) is 0 Å². The van der Waals surface area contributed by atoms with E-state index < -0.39 is 25.4 Å². The van der Waals surface area contributed by atoms with Gasteiger partial charge < -0.3 is 0 Å². The summed E-state index contributed by atoms with van der Waals surface area (Å²) in [5.74, 6) is 0. The summed E-state index contributed by atoms with van der Waals surface area (Å²) in [6, 6.07) is 25.2. The average Bonchev–Trinajstić information content (AvgIpc) is 3.24. The first-order valence-electron chi connectivity index (χ1n) is 9.51. The largest absolute Gasteiger partial charge is 0.257 e. The van der Waals surface area contributed by atoms with Gasteiger partial charge in [0.25, 0.3) is 20.0 Å². The lowest BCUT2D eigenvalue weighted by atomic mass is 10.1. The number of rotatable bonds is 6. The molecular weight excluding hydrogens is 438 g/mol. The molecule has 4 rings (SSSR count). The van der Waals surface area contributed by atoms with Gasteiger partial charge in [-0.05, 0) is 42.7 Å². The number of benzene rings is 3. The lowest BCUT2D eigenvalue weighted by Gasteiger charge is -2.27. The van der Waals surface area contributed by atoms with Crippen molar-refractivity contribution in [1.82, 2.24) is 3.71 Å². The van der Waals surface area contributed by atoms with Crippen LogP contribution in [0.3, 0.4) is 0 Å². The maximum Gasteiger partial charge on any atom is 0.257 e. The summed E-state index contributed by atoms with van der Waals surface area (Å²) < 4.78 is 54.8. The Morgan fingerprint density at radius 3 is 1.53 bits per heavy atom. The maximum atomic E-state index is 13.5. The SMILES string of the molecule is O=S(=O)(c1ccccc1)N(C1CCC(c2ccccc2)S1)S(=O)(=O)c1ccccc1. The van der Waals surface area contributed by atoms with Crippen LogP contribution in [0.25, 0.3) is 0 Å². The van der Waals surface area contributed by atoms with Gasteiger partial charge in [-0.25, -0.2) is 16.8 Å². The second-order valence-electron chi connectivity index (χ2n) is 6.93. The molecule has 5 nitrogen and oxygen atoms in total. The molecule has 0 saturated carbocycles. The fourth-order valence-electron chi connectivity index (χ4n) is 3.52. The molecule has 2 unspecified atom stereocenters. The Bertz CT molecular complexity index is 1130. The normalized spacial score (nSPS) is 19.8. The third-order valence-corrected chi connectivity index (χ3v) is 11.2. The van der Waals surface area contributed by atoms with Crippen LogP contribution in [0.2, 0.25) is 0 Å². The van der Waals surface area contributed by atoms with Crippen LogP contribution in [0, 0.1) is 0 Å². The van der Waals surface area contributed by atoms with E-state index in [1.165, 1.54) is 36.0 Å². The molecule has 0 N–H and O–H groups in total. The summed E-state index contributed by atoms with van der Waals surface area (Å²) in [7, 11) is -8.54. The fraction of sp³-hybridized carbons (Fsp3) is 0.182. The van der Waals surface area contributed by atoms with E-state index in [4.69, 9.17) is 0 Å². The van der Waals surface area contributed by atoms with E-state index in [0.717, 1.165) is 9.27 Å². The number of hydrogen-bond donors (Lipinski definition) is 0. The number of hydrogen-bond acceptors (Lipinski definition) is 5. The Morgan fingerprint density at radius 1 is 0.633 bits per heavy atom. The van der Waals surface area contributed by atoms with Crippen LogP contribution in [0.15, 0.2) is 101 Å². The van der Waals surface area contributed by atoms with Gasteiger partial charge in [-0.1, -0.05) is 70.4 Å². The Labute approximate surface area is 181 Å². The smallest absolute Gasteiger partial charge is 0.206 e. The van der Waals surface area contributed by atoms with Crippen molar-refractivity contribution < 1.29 is 16.8 Å². The van der Waals surface area contributed by atoms with E-state index in [0.29, 0.717) is 12.8 Å². The van der Waals surface area contributed by atoms with E-state index in [1.54, 1.807) is 36.4 Å². The second-order valence-corrected chi connectivity index (χ2v) is 12.2. The maximum absolute atomic E-state index is 13.5. The average molecular weight is 460 g/mol. The van der Waals surface area contributed by atoms with Gasteiger partial charge in [-0.3, -0.25) is 0 Å². The van der Waals surface area contributed by atoms with E-state index in [1.807, 2.05) is 30.3 Å². The van der Waals surface area contributed by atoms with Crippen molar-refractivity contribution in [2.24, 2.45) is 0 Å². The van der Waals surface area contributed by atoms with Crippen LogP contribution in [0.4, 0.5) is 0 Å². The molecule has 3 aromatic rings. The second kappa shape index (κ2) is 8.55. The molecule has 0 bridgehead atoms. The van der Waals surface area contributed by atoms with Crippen LogP contribution >= 0.6 is 11.8 Å². The molecule has 2 atom stereocenters. The molecule has 0 aliphatic carbocycles. The van der Waals surface area contributed by atoms with Crippen LogP contribution in [0.5, 0.6) is 0 Å². The summed E-state index contributed by atoms with van der Waals surface area (Å²) in [5, 5.41) is -0.679. The predicted molar refractivity (Wildman–Crippen MR) is 119 cm³/mol. The van der Waals surface area contributed by atoms with E-state index in [-0.39, 0.29) is 15.0 Å². The van der Waals surface area contributed by atoms with Crippen molar-refractivity contribution in [2.75, 3.05) is 0 Å². The first-order valence-corrected chi connectivity index (χ1v) is 13.3. The van der Waals surface area contributed by atoms with Crippen molar-refractivity contribution in [3.05, 3.63) is 96.6 Å². The molecule has 30 heavy (non-hydrogen) atoms. The molecule has 156 valence electrons. The van der Waals surface area contributed by atoms with Gasteiger partial charge in [0.05, 0.1) is 15.2 Å². The minimum absolute atomic E-state index is 0.0340. The van der Waals surface area contributed by atoms with E-state index in [9.17, 15) is 16.8 Å². The topological polar surface area (TPSA) is 71.5 Å². The van der Waals surface area contributed by atoms with Crippen LogP contribution in [0.1, 0.15) is 23.7 Å². The van der Waals surface area contributed by atoms with Crippen LogP contribution in [-0.2, 0) is 20.0 Å². The highest BCUT2D eigenvalue weighted by molar-refractivity contribution is 8.07. The Morgan fingerprint density at radius 2 is 1.07 bits per heavy atom. The van der Waals surface area contributed by atoms with Crippen LogP contribution < -0.4 is 0 Å². The quantitative estimate of drug-likeness (QED) is 0.536. The highest BCUT2D eigenvalue weighted by atomic mass is 32.3. The predicted octanol–water partition coefficient (Wildman–Crippen LogP) is 4.66. The summed E-state index contributed by atoms with van der Waals surface area (Å²) >= 11 is 1.38. The molecule has 1 saturated heterocycles. The summed E-state index contributed by atoms with van der Waals surface area (Å²) in [5.41, 5.74) is 1.07. The molecule has 0 radical (unpaired) electrons. The molecule has 3 aromatic carbocycles. The molecule has 0 aromatic heterocycles. The highest BCUT2D eigenvalue weighted by Gasteiger charge is 2.45. The third-order valence-electron chi connectivity index (χ3n) is 4.96. The third kappa shape index (κ3) is 4.05. The molecule has 0 amide bonds. The monoisotopic (exact) mass is 459 g/mol. The first-order chi connectivity index (χ1) is 14.4. The van der Waals surface area contributed by atoms with Gasteiger partial charge in [-0.15, -0.1) is 11.8 Å². The standard InChI is InChI=1S/C22H21NO4S3/c24-29(25,19-12-6-2-7-13-19)23(30(26,27)20-14-8-3-9-15-20)22-17-16-21(28-22)18-10-4-1-5-11-18/h1-15,21-22H,16-17H2. The van der Waals surface area contributed by atoms with Gasteiger partial charge in [0.1, 0.15) is 0 Å². The lowest BCUT2D eigenvalue weighted by Crippen LogP contribution is -2.42. The molecule has 1 fully saturated rings. The summed E-state index contributed by atoms with van der Waals surface area (Å²) in [6.45, 7) is 0. The summed E-state index contributed by atoms with van der Waals surface area (Å²) in [4.78, 5) is -0.0680. The van der Waals surface area contributed by atoms with Crippen molar-refractivity contribution in [3.63, 3.8) is 0 Å². The minimum atomic E-state index is -4.27. The van der Waals surface area contributed by atoms with Crippen molar-refractivity contribution in [3.8, 4) is 0 Å². The zero-order valence-electron chi connectivity index (χ0n) is 16.0. The van der Waals surface area contributed by atoms with Gasteiger partial charge in [-0.2, -0.15) is 0 Å². The zero-order chi connectivity index (χ0) is 21.2. The molecule has 8 heteroatoms. The number of sulfonamides is 2. The molecular formula is C22H21NO4S3. The van der Waals surface area contributed by atoms with Gasteiger partial charge >= 0.3 is 0 Å². The first kappa shape index (κ1) is 21.1. The summed E-state index contributed by atoms with van der Waals surface area (Å²) in [6.07, 6.45) is 1.15.